The Labute approximate surface area is 102 Å². The lowest BCUT2D eigenvalue weighted by atomic mass is 10.1. The van der Waals surface area contributed by atoms with E-state index in [2.05, 4.69) is 11.9 Å². The molecule has 1 heterocycles. The number of hydrogen-bond donors (Lipinski definition) is 1. The zero-order valence-corrected chi connectivity index (χ0v) is 10.3. The van der Waals surface area contributed by atoms with E-state index in [9.17, 15) is 5.11 Å². The SMILES string of the molecule is CCc1nccn1CC(O)c1cccc(C)c1. The molecule has 0 bridgehead atoms. The molecule has 3 nitrogen and oxygen atoms in total. The van der Waals surface area contributed by atoms with Crippen LogP contribution in [0.15, 0.2) is 36.7 Å². The van der Waals surface area contributed by atoms with Gasteiger partial charge in [0.2, 0.25) is 0 Å². The van der Waals surface area contributed by atoms with E-state index in [1.54, 1.807) is 6.20 Å². The number of benzene rings is 1. The van der Waals surface area contributed by atoms with Gasteiger partial charge in [-0.3, -0.25) is 0 Å². The molecule has 0 fully saturated rings. The van der Waals surface area contributed by atoms with E-state index in [0.717, 1.165) is 17.8 Å². The van der Waals surface area contributed by atoms with Gasteiger partial charge in [-0.15, -0.1) is 0 Å². The molecule has 1 unspecified atom stereocenters. The maximum Gasteiger partial charge on any atom is 0.108 e. The van der Waals surface area contributed by atoms with Gasteiger partial charge in [0.1, 0.15) is 5.82 Å². The van der Waals surface area contributed by atoms with Gasteiger partial charge >= 0.3 is 0 Å². The summed E-state index contributed by atoms with van der Waals surface area (Å²) in [6, 6.07) is 7.99. The van der Waals surface area contributed by atoms with E-state index in [-0.39, 0.29) is 0 Å². The van der Waals surface area contributed by atoms with Crippen molar-refractivity contribution in [3.05, 3.63) is 53.6 Å². The molecular formula is C14H18N2O. The Hall–Kier alpha value is -1.61. The predicted octanol–water partition coefficient (Wildman–Crippen LogP) is 2.49. The summed E-state index contributed by atoms with van der Waals surface area (Å²) in [6.07, 6.45) is 4.10. The van der Waals surface area contributed by atoms with Crippen molar-refractivity contribution in [1.82, 2.24) is 9.55 Å². The van der Waals surface area contributed by atoms with Crippen molar-refractivity contribution in [2.75, 3.05) is 0 Å². The molecule has 0 saturated heterocycles. The van der Waals surface area contributed by atoms with Crippen molar-refractivity contribution in [2.24, 2.45) is 0 Å². The fourth-order valence-corrected chi connectivity index (χ4v) is 1.99. The van der Waals surface area contributed by atoms with Crippen LogP contribution in [0.1, 0.15) is 30.0 Å². The highest BCUT2D eigenvalue weighted by atomic mass is 16.3. The summed E-state index contributed by atoms with van der Waals surface area (Å²) < 4.78 is 2.01. The second kappa shape index (κ2) is 5.15. The van der Waals surface area contributed by atoms with Crippen LogP contribution in [0.3, 0.4) is 0 Å². The highest BCUT2D eigenvalue weighted by Gasteiger charge is 2.10. The molecule has 0 aliphatic carbocycles. The van der Waals surface area contributed by atoms with E-state index in [1.807, 2.05) is 42.0 Å². The number of hydrogen-bond acceptors (Lipinski definition) is 2. The van der Waals surface area contributed by atoms with E-state index in [4.69, 9.17) is 0 Å². The van der Waals surface area contributed by atoms with Crippen LogP contribution >= 0.6 is 0 Å². The molecule has 1 aromatic heterocycles. The normalized spacial score (nSPS) is 12.6. The van der Waals surface area contributed by atoms with E-state index in [0.29, 0.717) is 6.54 Å². The standard InChI is InChI=1S/C14H18N2O/c1-3-14-15-7-8-16(14)10-13(17)12-6-4-5-11(2)9-12/h4-9,13,17H,3,10H2,1-2H3. The maximum atomic E-state index is 10.2. The molecule has 2 rings (SSSR count). The summed E-state index contributed by atoms with van der Waals surface area (Å²) in [6.45, 7) is 4.66. The second-order valence-corrected chi connectivity index (χ2v) is 4.28. The van der Waals surface area contributed by atoms with E-state index >= 15 is 0 Å². The topological polar surface area (TPSA) is 38.0 Å². The van der Waals surface area contributed by atoms with Crippen LogP contribution < -0.4 is 0 Å². The summed E-state index contributed by atoms with van der Waals surface area (Å²) in [5.41, 5.74) is 2.13. The summed E-state index contributed by atoms with van der Waals surface area (Å²) >= 11 is 0. The molecule has 0 aliphatic heterocycles. The second-order valence-electron chi connectivity index (χ2n) is 4.28. The maximum absolute atomic E-state index is 10.2. The van der Waals surface area contributed by atoms with E-state index < -0.39 is 6.10 Å². The van der Waals surface area contributed by atoms with Crippen LogP contribution in [-0.4, -0.2) is 14.7 Å². The van der Waals surface area contributed by atoms with Gasteiger partial charge in [0.25, 0.3) is 0 Å². The smallest absolute Gasteiger partial charge is 0.108 e. The molecule has 2 aromatic rings. The van der Waals surface area contributed by atoms with Gasteiger partial charge < -0.3 is 9.67 Å². The Morgan fingerprint density at radius 3 is 2.94 bits per heavy atom. The lowest BCUT2D eigenvalue weighted by Crippen LogP contribution is -2.10. The molecule has 0 radical (unpaired) electrons. The first-order valence-corrected chi connectivity index (χ1v) is 5.95. The summed E-state index contributed by atoms with van der Waals surface area (Å²) in [7, 11) is 0. The van der Waals surface area contributed by atoms with Crippen LogP contribution in [0.4, 0.5) is 0 Å². The zero-order chi connectivity index (χ0) is 12.3. The fourth-order valence-electron chi connectivity index (χ4n) is 1.99. The molecule has 17 heavy (non-hydrogen) atoms. The van der Waals surface area contributed by atoms with Gasteiger partial charge in [-0.1, -0.05) is 36.8 Å². The average Bonchev–Trinajstić information content (AvgIpc) is 2.76. The molecule has 1 aromatic carbocycles. The van der Waals surface area contributed by atoms with Crippen LogP contribution in [-0.2, 0) is 13.0 Å². The first-order chi connectivity index (χ1) is 8.20. The third-order valence-corrected chi connectivity index (χ3v) is 2.91. The van der Waals surface area contributed by atoms with Crippen molar-refractivity contribution < 1.29 is 5.11 Å². The van der Waals surface area contributed by atoms with Gasteiger partial charge in [0.15, 0.2) is 0 Å². The number of aryl methyl sites for hydroxylation is 2. The Morgan fingerprint density at radius 2 is 2.24 bits per heavy atom. The Bertz CT molecular complexity index is 490. The molecule has 90 valence electrons. The van der Waals surface area contributed by atoms with Crippen LogP contribution in [0.2, 0.25) is 0 Å². The van der Waals surface area contributed by atoms with Gasteiger partial charge in [-0.25, -0.2) is 4.98 Å². The minimum absolute atomic E-state index is 0.477. The van der Waals surface area contributed by atoms with Gasteiger partial charge in [-0.2, -0.15) is 0 Å². The summed E-state index contributed by atoms with van der Waals surface area (Å²) in [4.78, 5) is 4.25. The zero-order valence-electron chi connectivity index (χ0n) is 10.3. The molecule has 3 heteroatoms. The number of rotatable bonds is 4. The molecular weight excluding hydrogens is 212 g/mol. The van der Waals surface area contributed by atoms with Gasteiger partial charge in [-0.05, 0) is 12.5 Å². The Balaban J connectivity index is 2.14. The lowest BCUT2D eigenvalue weighted by Gasteiger charge is -2.14. The average molecular weight is 230 g/mol. The van der Waals surface area contributed by atoms with Gasteiger partial charge in [0, 0.05) is 18.8 Å². The van der Waals surface area contributed by atoms with Crippen molar-refractivity contribution in [3.8, 4) is 0 Å². The molecule has 0 amide bonds. The van der Waals surface area contributed by atoms with Gasteiger partial charge in [0.05, 0.1) is 12.6 Å². The minimum Gasteiger partial charge on any atom is -0.387 e. The highest BCUT2D eigenvalue weighted by molar-refractivity contribution is 5.24. The minimum atomic E-state index is -0.477. The quantitative estimate of drug-likeness (QED) is 0.876. The largest absolute Gasteiger partial charge is 0.387 e. The fraction of sp³-hybridized carbons (Fsp3) is 0.357. The van der Waals surface area contributed by atoms with Crippen LogP contribution in [0.25, 0.3) is 0 Å². The Kier molecular flexibility index (Phi) is 3.59. The number of nitrogens with zero attached hydrogens (tertiary/aromatic N) is 2. The van der Waals surface area contributed by atoms with Crippen molar-refractivity contribution in [1.29, 1.82) is 0 Å². The van der Waals surface area contributed by atoms with Crippen LogP contribution in [0.5, 0.6) is 0 Å². The van der Waals surface area contributed by atoms with Crippen LogP contribution in [0, 0.1) is 6.92 Å². The third kappa shape index (κ3) is 2.74. The molecule has 0 aliphatic rings. The monoisotopic (exact) mass is 230 g/mol. The molecule has 0 spiro atoms. The number of aliphatic hydroxyl groups excluding tert-OH is 1. The first-order valence-electron chi connectivity index (χ1n) is 5.95. The van der Waals surface area contributed by atoms with Crippen molar-refractivity contribution in [2.45, 2.75) is 32.9 Å². The highest BCUT2D eigenvalue weighted by Crippen LogP contribution is 2.17. The third-order valence-electron chi connectivity index (χ3n) is 2.91. The summed E-state index contributed by atoms with van der Waals surface area (Å²) in [5.74, 6) is 1.01. The number of aromatic nitrogens is 2. The number of aliphatic hydroxyl groups is 1. The summed E-state index contributed by atoms with van der Waals surface area (Å²) in [5, 5.41) is 10.2. The molecule has 0 saturated carbocycles. The molecule has 1 atom stereocenters. The van der Waals surface area contributed by atoms with Crippen molar-refractivity contribution >= 4 is 0 Å². The Morgan fingerprint density at radius 1 is 1.41 bits per heavy atom. The van der Waals surface area contributed by atoms with E-state index in [1.165, 1.54) is 5.56 Å². The number of imidazole rings is 1. The first kappa shape index (κ1) is 11.9. The molecule has 1 N–H and O–H groups in total. The predicted molar refractivity (Wildman–Crippen MR) is 67.7 cm³/mol. The lowest BCUT2D eigenvalue weighted by molar-refractivity contribution is 0.155. The van der Waals surface area contributed by atoms with Crippen molar-refractivity contribution in [3.63, 3.8) is 0 Å².